The van der Waals surface area contributed by atoms with Gasteiger partial charge in [0.05, 0.1) is 29.8 Å². The monoisotopic (exact) mass is 368 g/mol. The maximum atomic E-state index is 12.7. The van der Waals surface area contributed by atoms with Gasteiger partial charge in [-0.2, -0.15) is 5.10 Å². The number of hydrogen-bond acceptors (Lipinski definition) is 5. The van der Waals surface area contributed by atoms with Crippen molar-refractivity contribution >= 4 is 21.7 Å². The number of likely N-dealkylation sites (tertiary alicyclic amines) is 1. The molecule has 2 amide bonds. The van der Waals surface area contributed by atoms with E-state index in [0.29, 0.717) is 25.2 Å². The summed E-state index contributed by atoms with van der Waals surface area (Å²) in [6, 6.07) is 0. The van der Waals surface area contributed by atoms with Crippen LogP contribution >= 0.6 is 0 Å². The van der Waals surface area contributed by atoms with E-state index in [1.807, 2.05) is 4.90 Å². The van der Waals surface area contributed by atoms with E-state index in [4.69, 9.17) is 0 Å². The van der Waals surface area contributed by atoms with E-state index < -0.39 is 9.84 Å². The fraction of sp³-hybridized carbons (Fsp3) is 0.688. The number of amides is 2. The van der Waals surface area contributed by atoms with Gasteiger partial charge in [0.25, 0.3) is 5.91 Å². The summed E-state index contributed by atoms with van der Waals surface area (Å²) in [6.45, 7) is 3.03. The van der Waals surface area contributed by atoms with Crippen LogP contribution in [0.5, 0.6) is 0 Å². The molecule has 3 heterocycles. The number of carbonyl (C=O) groups excluding carboxylic acids is 2. The lowest BCUT2D eigenvalue weighted by Gasteiger charge is -2.21. The maximum absolute atomic E-state index is 12.7. The first-order chi connectivity index (χ1) is 11.8. The Kier molecular flexibility index (Phi) is 5.12. The Morgan fingerprint density at radius 2 is 1.76 bits per heavy atom. The van der Waals surface area contributed by atoms with Gasteiger partial charge in [-0.15, -0.1) is 0 Å². The number of sulfone groups is 1. The SMILES string of the molecule is CS(=O)(=O)CCC(=O)N1CCCn2ncc(C(=O)N3CCCC3)c2C1. The molecule has 1 aromatic heterocycles. The highest BCUT2D eigenvalue weighted by atomic mass is 32.2. The van der Waals surface area contributed by atoms with Crippen LogP contribution in [0.15, 0.2) is 6.20 Å². The minimum Gasteiger partial charge on any atom is -0.339 e. The van der Waals surface area contributed by atoms with E-state index >= 15 is 0 Å². The average molecular weight is 368 g/mol. The van der Waals surface area contributed by atoms with Crippen LogP contribution in [0.25, 0.3) is 0 Å². The molecule has 0 aromatic carbocycles. The van der Waals surface area contributed by atoms with Crippen molar-refractivity contribution in [2.24, 2.45) is 0 Å². The second-order valence-corrected chi connectivity index (χ2v) is 9.04. The predicted octanol–water partition coefficient (Wildman–Crippen LogP) is 0.286. The van der Waals surface area contributed by atoms with E-state index in [1.165, 1.54) is 0 Å². The Morgan fingerprint density at radius 3 is 2.44 bits per heavy atom. The van der Waals surface area contributed by atoms with E-state index in [-0.39, 0.29) is 24.0 Å². The molecule has 1 fully saturated rings. The highest BCUT2D eigenvalue weighted by molar-refractivity contribution is 7.90. The lowest BCUT2D eigenvalue weighted by atomic mass is 10.2. The minimum atomic E-state index is -3.18. The minimum absolute atomic E-state index is 0.0239. The molecule has 1 aromatic rings. The summed E-state index contributed by atoms with van der Waals surface area (Å²) in [7, 11) is -3.18. The molecule has 0 bridgehead atoms. The molecule has 2 aliphatic heterocycles. The summed E-state index contributed by atoms with van der Waals surface area (Å²) in [5.74, 6) is -0.370. The first kappa shape index (κ1) is 17.9. The number of carbonyl (C=O) groups is 2. The summed E-state index contributed by atoms with van der Waals surface area (Å²) < 4.78 is 24.4. The van der Waals surface area contributed by atoms with Crippen molar-refractivity contribution < 1.29 is 18.0 Å². The molecule has 0 atom stereocenters. The summed E-state index contributed by atoms with van der Waals surface area (Å²) in [5, 5.41) is 4.32. The van der Waals surface area contributed by atoms with Gasteiger partial charge in [-0.25, -0.2) is 8.42 Å². The number of hydrogen-bond donors (Lipinski definition) is 0. The molecule has 0 aliphatic carbocycles. The molecule has 1 saturated heterocycles. The van der Waals surface area contributed by atoms with Crippen molar-refractivity contribution in [3.63, 3.8) is 0 Å². The van der Waals surface area contributed by atoms with Crippen molar-refractivity contribution in [3.05, 3.63) is 17.5 Å². The van der Waals surface area contributed by atoms with Gasteiger partial charge in [0.1, 0.15) is 9.84 Å². The fourth-order valence-electron chi connectivity index (χ4n) is 3.35. The van der Waals surface area contributed by atoms with Gasteiger partial charge in [-0.3, -0.25) is 14.3 Å². The molecule has 0 N–H and O–H groups in total. The first-order valence-corrected chi connectivity index (χ1v) is 10.7. The molecule has 2 aliphatic rings. The molecule has 138 valence electrons. The van der Waals surface area contributed by atoms with Crippen molar-refractivity contribution in [1.29, 1.82) is 0 Å². The normalized spacial score (nSPS) is 18.1. The third-order valence-corrected chi connectivity index (χ3v) is 5.70. The molecule has 0 spiro atoms. The van der Waals surface area contributed by atoms with Crippen LogP contribution in [-0.2, 0) is 27.7 Å². The van der Waals surface area contributed by atoms with Crippen LogP contribution in [-0.4, -0.2) is 71.5 Å². The summed E-state index contributed by atoms with van der Waals surface area (Å²) in [4.78, 5) is 28.6. The Hall–Kier alpha value is -1.90. The van der Waals surface area contributed by atoms with Crippen LogP contribution in [0.2, 0.25) is 0 Å². The smallest absolute Gasteiger partial charge is 0.257 e. The summed E-state index contributed by atoms with van der Waals surface area (Å²) >= 11 is 0. The van der Waals surface area contributed by atoms with E-state index in [1.54, 1.807) is 15.8 Å². The van der Waals surface area contributed by atoms with Crippen LogP contribution in [0.4, 0.5) is 0 Å². The Labute approximate surface area is 147 Å². The standard InChI is InChI=1S/C16H24N4O4S/c1-25(23,24)10-5-15(21)19-8-4-9-20-14(12-19)13(11-17-20)16(22)18-6-2-3-7-18/h11H,2-10,12H2,1H3. The average Bonchev–Trinajstić information content (AvgIpc) is 3.17. The highest BCUT2D eigenvalue weighted by Gasteiger charge is 2.28. The van der Waals surface area contributed by atoms with Crippen molar-refractivity contribution in [2.45, 2.75) is 38.8 Å². The molecule has 0 saturated carbocycles. The largest absolute Gasteiger partial charge is 0.339 e. The van der Waals surface area contributed by atoms with Gasteiger partial charge >= 0.3 is 0 Å². The van der Waals surface area contributed by atoms with Gasteiger partial charge in [0.2, 0.25) is 5.91 Å². The molecule has 8 nitrogen and oxygen atoms in total. The zero-order chi connectivity index (χ0) is 18.0. The van der Waals surface area contributed by atoms with Gasteiger partial charge in [0, 0.05) is 38.9 Å². The molecule has 0 radical (unpaired) electrons. The Bertz CT molecular complexity index is 765. The number of rotatable bonds is 4. The Balaban J connectivity index is 1.76. The lowest BCUT2D eigenvalue weighted by Crippen LogP contribution is -2.33. The maximum Gasteiger partial charge on any atom is 0.257 e. The van der Waals surface area contributed by atoms with Gasteiger partial charge in [0.15, 0.2) is 0 Å². The third kappa shape index (κ3) is 4.20. The fourth-order valence-corrected chi connectivity index (χ4v) is 3.90. The second kappa shape index (κ2) is 7.15. The van der Waals surface area contributed by atoms with E-state index in [9.17, 15) is 18.0 Å². The zero-order valence-corrected chi connectivity index (χ0v) is 15.3. The first-order valence-electron chi connectivity index (χ1n) is 8.64. The zero-order valence-electron chi connectivity index (χ0n) is 14.5. The second-order valence-electron chi connectivity index (χ2n) is 6.78. The topological polar surface area (TPSA) is 92.6 Å². The van der Waals surface area contributed by atoms with E-state index in [0.717, 1.165) is 44.3 Å². The molecule has 0 unspecified atom stereocenters. The molecule has 3 rings (SSSR count). The molecule has 25 heavy (non-hydrogen) atoms. The number of aryl methyl sites for hydroxylation is 1. The van der Waals surface area contributed by atoms with E-state index in [2.05, 4.69) is 5.10 Å². The van der Waals surface area contributed by atoms with Gasteiger partial charge in [-0.1, -0.05) is 0 Å². The predicted molar refractivity (Wildman–Crippen MR) is 91.7 cm³/mol. The third-order valence-electron chi connectivity index (χ3n) is 4.75. The van der Waals surface area contributed by atoms with Crippen LogP contribution in [0, 0.1) is 0 Å². The molecular formula is C16H24N4O4S. The lowest BCUT2D eigenvalue weighted by molar-refractivity contribution is -0.131. The number of aromatic nitrogens is 2. The Morgan fingerprint density at radius 1 is 1.08 bits per heavy atom. The van der Waals surface area contributed by atoms with Gasteiger partial charge in [-0.05, 0) is 19.3 Å². The van der Waals surface area contributed by atoms with Crippen LogP contribution in [0.3, 0.4) is 0 Å². The van der Waals surface area contributed by atoms with Crippen LogP contribution < -0.4 is 0 Å². The molecular weight excluding hydrogens is 344 g/mol. The quantitative estimate of drug-likeness (QED) is 0.761. The number of fused-ring (bicyclic) bond motifs is 1. The van der Waals surface area contributed by atoms with Crippen molar-refractivity contribution in [2.75, 3.05) is 31.6 Å². The number of nitrogens with zero attached hydrogens (tertiary/aromatic N) is 4. The van der Waals surface area contributed by atoms with Gasteiger partial charge < -0.3 is 9.80 Å². The van der Waals surface area contributed by atoms with Crippen molar-refractivity contribution in [1.82, 2.24) is 19.6 Å². The summed E-state index contributed by atoms with van der Waals surface area (Å²) in [5.41, 5.74) is 1.31. The van der Waals surface area contributed by atoms with Crippen LogP contribution in [0.1, 0.15) is 41.7 Å². The summed E-state index contributed by atoms with van der Waals surface area (Å²) in [6.07, 6.45) is 5.47. The highest BCUT2D eigenvalue weighted by Crippen LogP contribution is 2.20. The molecule has 9 heteroatoms. The van der Waals surface area contributed by atoms with Crippen molar-refractivity contribution in [3.8, 4) is 0 Å².